The van der Waals surface area contributed by atoms with Crippen molar-refractivity contribution in [1.29, 1.82) is 0 Å². The molecule has 0 aromatic rings. The fraction of sp³-hybridized carbons (Fsp3) is 1.00. The highest BCUT2D eigenvalue weighted by molar-refractivity contribution is 7.99. The minimum absolute atomic E-state index is 0.208. The molecule has 0 spiro atoms. The molecule has 1 unspecified atom stereocenters. The number of thioether (sulfide) groups is 1. The Labute approximate surface area is 91.9 Å². The molecule has 14 heavy (non-hydrogen) atoms. The molecule has 2 N–H and O–H groups in total. The molecule has 1 aliphatic rings. The van der Waals surface area contributed by atoms with Gasteiger partial charge >= 0.3 is 0 Å². The second kappa shape index (κ2) is 4.42. The van der Waals surface area contributed by atoms with Gasteiger partial charge in [0.25, 0.3) is 0 Å². The smallest absolute Gasteiger partial charge is 0.0767 e. The average molecular weight is 217 g/mol. The predicted molar refractivity (Wildman–Crippen MR) is 63.8 cm³/mol. The first-order valence-electron chi connectivity index (χ1n) is 5.38. The molecular weight excluding hydrogens is 194 g/mol. The Morgan fingerprint density at radius 2 is 2.00 bits per heavy atom. The van der Waals surface area contributed by atoms with Crippen LogP contribution in [-0.2, 0) is 0 Å². The molecule has 3 heteroatoms. The van der Waals surface area contributed by atoms with E-state index < -0.39 is 5.60 Å². The third kappa shape index (κ3) is 3.14. The summed E-state index contributed by atoms with van der Waals surface area (Å²) < 4.78 is 0. The monoisotopic (exact) mass is 217 g/mol. The van der Waals surface area contributed by atoms with Crippen LogP contribution in [0.25, 0.3) is 0 Å². The zero-order valence-corrected chi connectivity index (χ0v) is 10.6. The predicted octanol–water partition coefficient (Wildman–Crippen LogP) is 1.88. The topological polar surface area (TPSA) is 32.3 Å². The van der Waals surface area contributed by atoms with Crippen LogP contribution < -0.4 is 5.32 Å². The van der Waals surface area contributed by atoms with E-state index >= 15 is 0 Å². The average Bonchev–Trinajstić information content (AvgIpc) is 2.50. The van der Waals surface area contributed by atoms with Gasteiger partial charge in [-0.05, 0) is 58.1 Å². The lowest BCUT2D eigenvalue weighted by Gasteiger charge is -2.39. The van der Waals surface area contributed by atoms with Crippen LogP contribution >= 0.6 is 11.8 Å². The third-order valence-corrected chi connectivity index (χ3v) is 4.62. The first-order valence-corrected chi connectivity index (χ1v) is 6.53. The molecule has 1 saturated heterocycles. The maximum absolute atomic E-state index is 9.95. The Balaban J connectivity index is 2.35. The van der Waals surface area contributed by atoms with Crippen LogP contribution in [0, 0.1) is 5.92 Å². The van der Waals surface area contributed by atoms with Crippen LogP contribution in [0.3, 0.4) is 0 Å². The molecule has 0 saturated carbocycles. The molecular formula is C11H23NOS. The highest BCUT2D eigenvalue weighted by atomic mass is 32.2. The normalized spacial score (nSPS) is 24.2. The Bertz CT molecular complexity index is 180. The Morgan fingerprint density at radius 3 is 2.43 bits per heavy atom. The fourth-order valence-corrected chi connectivity index (χ4v) is 2.64. The van der Waals surface area contributed by atoms with Crippen molar-refractivity contribution in [2.75, 3.05) is 18.1 Å². The fourth-order valence-electron chi connectivity index (χ4n) is 1.36. The van der Waals surface area contributed by atoms with Crippen molar-refractivity contribution in [1.82, 2.24) is 5.32 Å². The SMILES string of the molecule is CC(C)(O)C(C)(C)NCC1CCSC1. The van der Waals surface area contributed by atoms with Crippen molar-refractivity contribution in [3.05, 3.63) is 0 Å². The summed E-state index contributed by atoms with van der Waals surface area (Å²) in [4.78, 5) is 0. The first kappa shape index (κ1) is 12.3. The lowest BCUT2D eigenvalue weighted by molar-refractivity contribution is -0.00567. The summed E-state index contributed by atoms with van der Waals surface area (Å²) >= 11 is 2.04. The van der Waals surface area contributed by atoms with Gasteiger partial charge < -0.3 is 10.4 Å². The van der Waals surface area contributed by atoms with Gasteiger partial charge in [0.2, 0.25) is 0 Å². The van der Waals surface area contributed by atoms with E-state index in [0.29, 0.717) is 0 Å². The highest BCUT2D eigenvalue weighted by Crippen LogP contribution is 2.25. The summed E-state index contributed by atoms with van der Waals surface area (Å²) in [6, 6.07) is 0. The minimum Gasteiger partial charge on any atom is -0.389 e. The number of nitrogens with one attached hydrogen (secondary N) is 1. The lowest BCUT2D eigenvalue weighted by Crippen LogP contribution is -2.56. The van der Waals surface area contributed by atoms with Crippen LogP contribution in [0.1, 0.15) is 34.1 Å². The van der Waals surface area contributed by atoms with Crippen molar-refractivity contribution in [3.63, 3.8) is 0 Å². The van der Waals surface area contributed by atoms with Gasteiger partial charge in [-0.3, -0.25) is 0 Å². The van der Waals surface area contributed by atoms with E-state index in [9.17, 15) is 5.11 Å². The lowest BCUT2D eigenvalue weighted by atomic mass is 9.85. The van der Waals surface area contributed by atoms with Crippen molar-refractivity contribution < 1.29 is 5.11 Å². The Morgan fingerprint density at radius 1 is 1.36 bits per heavy atom. The van der Waals surface area contributed by atoms with E-state index in [1.807, 2.05) is 25.6 Å². The van der Waals surface area contributed by atoms with Crippen LogP contribution in [0.15, 0.2) is 0 Å². The van der Waals surface area contributed by atoms with Gasteiger partial charge in [0, 0.05) is 5.54 Å². The summed E-state index contributed by atoms with van der Waals surface area (Å²) in [5.74, 6) is 3.37. The Kier molecular flexibility index (Phi) is 3.89. The van der Waals surface area contributed by atoms with Gasteiger partial charge in [-0.2, -0.15) is 11.8 Å². The third-order valence-electron chi connectivity index (χ3n) is 3.39. The van der Waals surface area contributed by atoms with E-state index in [1.54, 1.807) is 0 Å². The van der Waals surface area contributed by atoms with E-state index in [2.05, 4.69) is 19.2 Å². The van der Waals surface area contributed by atoms with Gasteiger partial charge in [-0.25, -0.2) is 0 Å². The quantitative estimate of drug-likeness (QED) is 0.754. The second-order valence-corrected chi connectivity index (χ2v) is 6.44. The van der Waals surface area contributed by atoms with E-state index in [1.165, 1.54) is 17.9 Å². The van der Waals surface area contributed by atoms with Gasteiger partial charge in [-0.15, -0.1) is 0 Å². The van der Waals surface area contributed by atoms with E-state index in [0.717, 1.165) is 12.5 Å². The number of aliphatic hydroxyl groups is 1. The number of hydrogen-bond donors (Lipinski definition) is 2. The van der Waals surface area contributed by atoms with E-state index in [4.69, 9.17) is 0 Å². The molecule has 0 aromatic heterocycles. The maximum atomic E-state index is 9.95. The first-order chi connectivity index (χ1) is 6.33. The molecule has 0 amide bonds. The summed E-state index contributed by atoms with van der Waals surface area (Å²) in [5.41, 5.74) is -0.876. The molecule has 1 aliphatic heterocycles. The van der Waals surface area contributed by atoms with E-state index in [-0.39, 0.29) is 5.54 Å². The molecule has 0 radical (unpaired) electrons. The van der Waals surface area contributed by atoms with Crippen LogP contribution in [0.5, 0.6) is 0 Å². The van der Waals surface area contributed by atoms with Crippen molar-refractivity contribution in [2.24, 2.45) is 5.92 Å². The molecule has 1 fully saturated rings. The maximum Gasteiger partial charge on any atom is 0.0767 e. The van der Waals surface area contributed by atoms with Gasteiger partial charge in [0.05, 0.1) is 5.60 Å². The van der Waals surface area contributed by atoms with Crippen LogP contribution in [-0.4, -0.2) is 34.3 Å². The molecule has 2 nitrogen and oxygen atoms in total. The standard InChI is InChI=1S/C11H23NOS/c1-10(2,11(3,4)13)12-7-9-5-6-14-8-9/h9,12-13H,5-8H2,1-4H3. The number of rotatable bonds is 4. The summed E-state index contributed by atoms with van der Waals surface area (Å²) in [5, 5.41) is 13.4. The van der Waals surface area contributed by atoms with Gasteiger partial charge in [0.15, 0.2) is 0 Å². The molecule has 1 rings (SSSR count). The second-order valence-electron chi connectivity index (χ2n) is 5.29. The molecule has 0 aromatic carbocycles. The minimum atomic E-state index is -0.668. The molecule has 0 bridgehead atoms. The molecule has 1 heterocycles. The largest absolute Gasteiger partial charge is 0.389 e. The van der Waals surface area contributed by atoms with Crippen molar-refractivity contribution in [3.8, 4) is 0 Å². The van der Waals surface area contributed by atoms with Crippen molar-refractivity contribution >= 4 is 11.8 Å². The summed E-state index contributed by atoms with van der Waals surface area (Å²) in [7, 11) is 0. The van der Waals surface area contributed by atoms with Gasteiger partial charge in [-0.1, -0.05) is 0 Å². The molecule has 0 aliphatic carbocycles. The highest BCUT2D eigenvalue weighted by Gasteiger charge is 2.35. The van der Waals surface area contributed by atoms with Crippen LogP contribution in [0.4, 0.5) is 0 Å². The summed E-state index contributed by atoms with van der Waals surface area (Å²) in [6.45, 7) is 8.89. The summed E-state index contributed by atoms with van der Waals surface area (Å²) in [6.07, 6.45) is 1.32. The van der Waals surface area contributed by atoms with Crippen LogP contribution in [0.2, 0.25) is 0 Å². The molecule has 84 valence electrons. The zero-order chi connectivity index (χ0) is 10.8. The zero-order valence-electron chi connectivity index (χ0n) is 9.76. The Hall–Kier alpha value is 0.270. The van der Waals surface area contributed by atoms with Crippen molar-refractivity contribution in [2.45, 2.75) is 45.3 Å². The molecule has 1 atom stereocenters. The van der Waals surface area contributed by atoms with Gasteiger partial charge in [0.1, 0.15) is 0 Å². The number of hydrogen-bond acceptors (Lipinski definition) is 3.